The number of carbonyl (C=O) groups is 1. The number of para-hydroxylation sites is 1. The number of amides is 1. The quantitative estimate of drug-likeness (QED) is 0.802. The molecule has 1 amide bonds. The summed E-state index contributed by atoms with van der Waals surface area (Å²) >= 11 is 0. The number of aromatic nitrogens is 1. The van der Waals surface area contributed by atoms with E-state index < -0.39 is 11.7 Å². The minimum Gasteiger partial charge on any atom is -0.490 e. The highest BCUT2D eigenvalue weighted by Crippen LogP contribution is 2.15. The Kier molecular flexibility index (Phi) is 5.30. The Bertz CT molecular complexity index is 713. The molecule has 2 rings (SSSR count). The summed E-state index contributed by atoms with van der Waals surface area (Å²) in [7, 11) is 0. The molecule has 1 aromatic carbocycles. The minimum atomic E-state index is -0.438. The molecule has 6 heteroatoms. The summed E-state index contributed by atoms with van der Waals surface area (Å²) in [5, 5.41) is 2.63. The first-order valence-corrected chi connectivity index (χ1v) is 6.93. The van der Waals surface area contributed by atoms with E-state index in [4.69, 9.17) is 4.74 Å². The highest BCUT2D eigenvalue weighted by molar-refractivity contribution is 5.93. The third-order valence-corrected chi connectivity index (χ3v) is 3.00. The molecule has 1 heterocycles. The third-order valence-electron chi connectivity index (χ3n) is 3.00. The number of pyridine rings is 1. The summed E-state index contributed by atoms with van der Waals surface area (Å²) < 4.78 is 18.6. The lowest BCUT2D eigenvalue weighted by molar-refractivity contribution is 0.0950. The summed E-state index contributed by atoms with van der Waals surface area (Å²) in [6.45, 7) is 2.34. The van der Waals surface area contributed by atoms with Crippen molar-refractivity contribution in [3.63, 3.8) is 0 Å². The first-order valence-electron chi connectivity index (χ1n) is 6.93. The van der Waals surface area contributed by atoms with E-state index in [1.807, 2.05) is 0 Å². The van der Waals surface area contributed by atoms with Crippen LogP contribution in [0.25, 0.3) is 0 Å². The van der Waals surface area contributed by atoms with Gasteiger partial charge in [-0.05, 0) is 25.5 Å². The molecule has 1 aromatic heterocycles. The summed E-state index contributed by atoms with van der Waals surface area (Å²) in [5.41, 5.74) is 0.441. The monoisotopic (exact) mass is 304 g/mol. The number of aromatic amines is 1. The van der Waals surface area contributed by atoms with Gasteiger partial charge in [0.15, 0.2) is 17.0 Å². The van der Waals surface area contributed by atoms with Crippen LogP contribution >= 0.6 is 0 Å². The first kappa shape index (κ1) is 15.8. The van der Waals surface area contributed by atoms with Crippen molar-refractivity contribution in [3.05, 3.63) is 63.8 Å². The number of hydrogen-bond donors (Lipinski definition) is 2. The van der Waals surface area contributed by atoms with Crippen molar-refractivity contribution in [3.8, 4) is 5.75 Å². The normalized spacial score (nSPS) is 10.3. The second kappa shape index (κ2) is 7.40. The lowest BCUT2D eigenvalue weighted by atomic mass is 10.2. The smallest absolute Gasteiger partial charge is 0.256 e. The van der Waals surface area contributed by atoms with Gasteiger partial charge in [-0.1, -0.05) is 12.1 Å². The maximum absolute atomic E-state index is 13.3. The largest absolute Gasteiger partial charge is 0.490 e. The number of rotatable bonds is 6. The number of hydrogen-bond acceptors (Lipinski definition) is 3. The molecule has 5 nitrogen and oxygen atoms in total. The molecule has 22 heavy (non-hydrogen) atoms. The van der Waals surface area contributed by atoms with Crippen LogP contribution in [0.4, 0.5) is 4.39 Å². The molecule has 0 saturated heterocycles. The maximum atomic E-state index is 13.3. The number of H-pyrrole nitrogens is 1. The molecule has 0 fully saturated rings. The second-order valence-electron chi connectivity index (χ2n) is 4.78. The van der Waals surface area contributed by atoms with Crippen molar-refractivity contribution in [1.82, 2.24) is 10.3 Å². The fraction of sp³-hybridized carbons (Fsp3) is 0.250. The number of aryl methyl sites for hydroxylation is 1. The Hall–Kier alpha value is -2.63. The van der Waals surface area contributed by atoms with Crippen LogP contribution in [0.3, 0.4) is 0 Å². The van der Waals surface area contributed by atoms with Gasteiger partial charge in [0.2, 0.25) is 0 Å². The van der Waals surface area contributed by atoms with Gasteiger partial charge in [-0.3, -0.25) is 9.59 Å². The minimum absolute atomic E-state index is 0.0700. The van der Waals surface area contributed by atoms with E-state index in [9.17, 15) is 14.0 Å². The lowest BCUT2D eigenvalue weighted by Crippen LogP contribution is -2.30. The summed E-state index contributed by atoms with van der Waals surface area (Å²) in [6.07, 6.45) is 1.90. The SMILES string of the molecule is Cc1cc(=O)c(C(=O)NCCCOc2ccccc2F)c[nH]1. The number of halogens is 1. The van der Waals surface area contributed by atoms with Gasteiger partial charge in [-0.25, -0.2) is 4.39 Å². The molecule has 0 unspecified atom stereocenters. The molecular formula is C16H17FN2O3. The zero-order chi connectivity index (χ0) is 15.9. The number of carbonyl (C=O) groups excluding carboxylic acids is 1. The van der Waals surface area contributed by atoms with Gasteiger partial charge in [-0.15, -0.1) is 0 Å². The van der Waals surface area contributed by atoms with Crippen LogP contribution in [-0.4, -0.2) is 24.0 Å². The van der Waals surface area contributed by atoms with Crippen LogP contribution < -0.4 is 15.5 Å². The number of nitrogens with one attached hydrogen (secondary N) is 2. The number of ether oxygens (including phenoxy) is 1. The van der Waals surface area contributed by atoms with Crippen LogP contribution in [0.1, 0.15) is 22.5 Å². The van der Waals surface area contributed by atoms with Crippen molar-refractivity contribution < 1.29 is 13.9 Å². The third kappa shape index (κ3) is 4.18. The van der Waals surface area contributed by atoms with Gasteiger partial charge in [0, 0.05) is 24.5 Å². The standard InChI is InChI=1S/C16H17FN2O3/c1-11-9-14(20)12(10-19-11)16(21)18-7-4-8-22-15-6-3-2-5-13(15)17/h2-3,5-6,9-10H,4,7-8H2,1H3,(H,18,21)(H,19,20). The molecule has 0 atom stereocenters. The predicted octanol–water partition coefficient (Wildman–Crippen LogP) is 2.02. The molecule has 0 aliphatic rings. The summed E-state index contributed by atoms with van der Waals surface area (Å²) in [6, 6.07) is 7.50. The van der Waals surface area contributed by atoms with Crippen molar-refractivity contribution >= 4 is 5.91 Å². The Morgan fingerprint density at radius 2 is 2.14 bits per heavy atom. The highest BCUT2D eigenvalue weighted by atomic mass is 19.1. The van der Waals surface area contributed by atoms with E-state index in [1.165, 1.54) is 18.3 Å². The van der Waals surface area contributed by atoms with Crippen LogP contribution in [-0.2, 0) is 0 Å². The average Bonchev–Trinajstić information content (AvgIpc) is 2.48. The van der Waals surface area contributed by atoms with Crippen molar-refractivity contribution in [2.75, 3.05) is 13.2 Å². The molecule has 0 spiro atoms. The Morgan fingerprint density at radius 1 is 1.36 bits per heavy atom. The van der Waals surface area contributed by atoms with E-state index in [1.54, 1.807) is 25.1 Å². The van der Waals surface area contributed by atoms with Gasteiger partial charge in [0.05, 0.1) is 6.61 Å². The fourth-order valence-corrected chi connectivity index (χ4v) is 1.86. The first-order chi connectivity index (χ1) is 10.6. The topological polar surface area (TPSA) is 71.2 Å². The van der Waals surface area contributed by atoms with Crippen molar-refractivity contribution in [2.24, 2.45) is 0 Å². The average molecular weight is 304 g/mol. The van der Waals surface area contributed by atoms with Gasteiger partial charge in [0.25, 0.3) is 5.91 Å². The fourth-order valence-electron chi connectivity index (χ4n) is 1.86. The van der Waals surface area contributed by atoms with E-state index in [-0.39, 0.29) is 23.3 Å². The number of benzene rings is 1. The summed E-state index contributed by atoms with van der Waals surface area (Å²) in [4.78, 5) is 26.3. The van der Waals surface area contributed by atoms with Crippen LogP contribution in [0.2, 0.25) is 0 Å². The Balaban J connectivity index is 1.76. The zero-order valence-electron chi connectivity index (χ0n) is 12.2. The predicted molar refractivity (Wildman–Crippen MR) is 80.6 cm³/mol. The Labute approximate surface area is 127 Å². The van der Waals surface area contributed by atoms with Gasteiger partial charge < -0.3 is 15.0 Å². The van der Waals surface area contributed by atoms with Gasteiger partial charge in [0.1, 0.15) is 5.56 Å². The molecule has 0 aliphatic heterocycles. The van der Waals surface area contributed by atoms with E-state index in [0.717, 1.165) is 0 Å². The van der Waals surface area contributed by atoms with Gasteiger partial charge >= 0.3 is 0 Å². The molecule has 116 valence electrons. The highest BCUT2D eigenvalue weighted by Gasteiger charge is 2.09. The summed E-state index contributed by atoms with van der Waals surface area (Å²) in [5.74, 6) is -0.673. The van der Waals surface area contributed by atoms with Gasteiger partial charge in [-0.2, -0.15) is 0 Å². The molecular weight excluding hydrogens is 287 g/mol. The molecule has 0 saturated carbocycles. The van der Waals surface area contributed by atoms with E-state index in [0.29, 0.717) is 18.7 Å². The molecule has 0 radical (unpaired) electrons. The maximum Gasteiger partial charge on any atom is 0.256 e. The second-order valence-corrected chi connectivity index (χ2v) is 4.78. The van der Waals surface area contributed by atoms with Crippen LogP contribution in [0.5, 0.6) is 5.75 Å². The Morgan fingerprint density at radius 3 is 2.86 bits per heavy atom. The van der Waals surface area contributed by atoms with Crippen LogP contribution in [0, 0.1) is 12.7 Å². The van der Waals surface area contributed by atoms with Crippen molar-refractivity contribution in [1.29, 1.82) is 0 Å². The lowest BCUT2D eigenvalue weighted by Gasteiger charge is -2.08. The van der Waals surface area contributed by atoms with E-state index >= 15 is 0 Å². The molecule has 0 bridgehead atoms. The molecule has 2 aromatic rings. The molecule has 2 N–H and O–H groups in total. The molecule has 0 aliphatic carbocycles. The van der Waals surface area contributed by atoms with Crippen LogP contribution in [0.15, 0.2) is 41.3 Å². The van der Waals surface area contributed by atoms with Crippen molar-refractivity contribution in [2.45, 2.75) is 13.3 Å². The zero-order valence-corrected chi connectivity index (χ0v) is 12.2. The van der Waals surface area contributed by atoms with E-state index in [2.05, 4.69) is 10.3 Å².